The Labute approximate surface area is 126 Å². The Kier molecular flexibility index (Phi) is 4.78. The van der Waals surface area contributed by atoms with Gasteiger partial charge in [-0.15, -0.1) is 0 Å². The average molecular weight is 376 g/mol. The molecule has 3 nitrogen and oxygen atoms in total. The molecule has 19 heavy (non-hydrogen) atoms. The summed E-state index contributed by atoms with van der Waals surface area (Å²) in [5.41, 5.74) is 0.185. The van der Waals surface area contributed by atoms with Crippen LogP contribution in [0.2, 0.25) is 0 Å². The maximum absolute atomic E-state index is 13.7. The van der Waals surface area contributed by atoms with E-state index in [-0.39, 0.29) is 11.5 Å². The molecule has 0 radical (unpaired) electrons. The Morgan fingerprint density at radius 1 is 1.26 bits per heavy atom. The van der Waals surface area contributed by atoms with Crippen LogP contribution in [0.5, 0.6) is 0 Å². The van der Waals surface area contributed by atoms with Gasteiger partial charge < -0.3 is 4.90 Å². The van der Waals surface area contributed by atoms with E-state index in [9.17, 15) is 9.18 Å². The third-order valence-electron chi connectivity index (χ3n) is 3.49. The number of carbonyl (C=O) groups is 1. The fourth-order valence-corrected chi connectivity index (χ4v) is 2.76. The Bertz CT molecular complexity index is 471. The van der Waals surface area contributed by atoms with Crippen LogP contribution < -0.4 is 0 Å². The van der Waals surface area contributed by atoms with Gasteiger partial charge in [-0.1, -0.05) is 0 Å². The zero-order valence-corrected chi connectivity index (χ0v) is 13.4. The van der Waals surface area contributed by atoms with Crippen molar-refractivity contribution in [2.24, 2.45) is 0 Å². The molecule has 0 saturated carbocycles. The molecule has 1 aromatic carbocycles. The topological polar surface area (TPSA) is 23.6 Å². The van der Waals surface area contributed by atoms with Crippen molar-refractivity contribution in [3.8, 4) is 0 Å². The molecule has 0 N–H and O–H groups in total. The molecule has 1 aromatic rings. The first kappa shape index (κ1) is 14.7. The number of rotatable bonds is 2. The molecule has 0 aromatic heterocycles. The quantitative estimate of drug-likeness (QED) is 0.741. The lowest BCUT2D eigenvalue weighted by Crippen LogP contribution is -2.50. The van der Waals surface area contributed by atoms with Gasteiger partial charge in [0.2, 0.25) is 0 Å². The second-order valence-electron chi connectivity index (χ2n) is 5.05. The SMILES string of the molecule is CC(C)N1CCN(C(=O)c2cc(I)ccc2F)CC1. The average Bonchev–Trinajstić information content (AvgIpc) is 2.41. The second kappa shape index (κ2) is 6.17. The van der Waals surface area contributed by atoms with Crippen LogP contribution in [0.15, 0.2) is 18.2 Å². The molecular weight excluding hydrogens is 358 g/mol. The summed E-state index contributed by atoms with van der Waals surface area (Å²) >= 11 is 2.09. The van der Waals surface area contributed by atoms with Gasteiger partial charge in [0.1, 0.15) is 5.82 Å². The van der Waals surface area contributed by atoms with E-state index in [1.807, 2.05) is 0 Å². The molecular formula is C14H18FIN2O. The van der Waals surface area contributed by atoms with E-state index in [0.29, 0.717) is 19.1 Å². The van der Waals surface area contributed by atoms with Gasteiger partial charge in [0.25, 0.3) is 5.91 Å². The lowest BCUT2D eigenvalue weighted by molar-refractivity contribution is 0.0591. The molecule has 1 heterocycles. The predicted molar refractivity (Wildman–Crippen MR) is 81.7 cm³/mol. The van der Waals surface area contributed by atoms with Gasteiger partial charge >= 0.3 is 0 Å². The van der Waals surface area contributed by atoms with Gasteiger partial charge in [-0.3, -0.25) is 9.69 Å². The summed E-state index contributed by atoms with van der Waals surface area (Å²) in [6.07, 6.45) is 0. The molecule has 1 amide bonds. The minimum atomic E-state index is -0.434. The van der Waals surface area contributed by atoms with Gasteiger partial charge in [0.05, 0.1) is 5.56 Å². The van der Waals surface area contributed by atoms with Crippen molar-refractivity contribution in [3.63, 3.8) is 0 Å². The first-order valence-electron chi connectivity index (χ1n) is 6.47. The van der Waals surface area contributed by atoms with Crippen molar-refractivity contribution >= 4 is 28.5 Å². The number of hydrogen-bond acceptors (Lipinski definition) is 2. The molecule has 1 saturated heterocycles. The lowest BCUT2D eigenvalue weighted by Gasteiger charge is -2.37. The monoisotopic (exact) mass is 376 g/mol. The van der Waals surface area contributed by atoms with Crippen LogP contribution in [0.1, 0.15) is 24.2 Å². The van der Waals surface area contributed by atoms with E-state index in [4.69, 9.17) is 0 Å². The molecule has 0 aliphatic carbocycles. The van der Waals surface area contributed by atoms with Crippen LogP contribution in [-0.4, -0.2) is 47.9 Å². The predicted octanol–water partition coefficient (Wildman–Crippen LogP) is 2.60. The van der Waals surface area contributed by atoms with Crippen molar-refractivity contribution in [3.05, 3.63) is 33.1 Å². The van der Waals surface area contributed by atoms with Crippen molar-refractivity contribution in [1.29, 1.82) is 0 Å². The molecule has 0 bridgehead atoms. The van der Waals surface area contributed by atoms with Gasteiger partial charge in [0.15, 0.2) is 0 Å². The number of carbonyl (C=O) groups excluding carboxylic acids is 1. The van der Waals surface area contributed by atoms with Crippen LogP contribution in [0.25, 0.3) is 0 Å². The number of amides is 1. The number of hydrogen-bond donors (Lipinski definition) is 0. The fourth-order valence-electron chi connectivity index (χ4n) is 2.27. The Morgan fingerprint density at radius 3 is 2.47 bits per heavy atom. The van der Waals surface area contributed by atoms with E-state index in [1.54, 1.807) is 17.0 Å². The van der Waals surface area contributed by atoms with Crippen LogP contribution in [-0.2, 0) is 0 Å². The highest BCUT2D eigenvalue weighted by Crippen LogP contribution is 2.16. The maximum Gasteiger partial charge on any atom is 0.256 e. The molecule has 2 rings (SSSR count). The van der Waals surface area contributed by atoms with Crippen molar-refractivity contribution < 1.29 is 9.18 Å². The molecule has 0 unspecified atom stereocenters. The van der Waals surface area contributed by atoms with Crippen molar-refractivity contribution in [1.82, 2.24) is 9.80 Å². The van der Waals surface area contributed by atoms with E-state index in [1.165, 1.54) is 6.07 Å². The summed E-state index contributed by atoms with van der Waals surface area (Å²) in [5, 5.41) is 0. The van der Waals surface area contributed by atoms with Crippen LogP contribution in [0.4, 0.5) is 4.39 Å². The molecule has 1 aliphatic heterocycles. The van der Waals surface area contributed by atoms with E-state index in [0.717, 1.165) is 16.7 Å². The van der Waals surface area contributed by atoms with Crippen molar-refractivity contribution in [2.45, 2.75) is 19.9 Å². The Balaban J connectivity index is 2.07. The van der Waals surface area contributed by atoms with Crippen LogP contribution in [0, 0.1) is 9.39 Å². The molecule has 104 valence electrons. The molecule has 1 aliphatic rings. The third-order valence-corrected chi connectivity index (χ3v) is 4.16. The van der Waals surface area contributed by atoms with E-state index in [2.05, 4.69) is 41.3 Å². The third kappa shape index (κ3) is 3.45. The number of halogens is 2. The van der Waals surface area contributed by atoms with Gasteiger partial charge in [-0.05, 0) is 54.6 Å². The zero-order valence-electron chi connectivity index (χ0n) is 11.2. The first-order valence-corrected chi connectivity index (χ1v) is 7.55. The highest BCUT2D eigenvalue weighted by atomic mass is 127. The zero-order chi connectivity index (χ0) is 14.0. The minimum absolute atomic E-state index is 0.185. The smallest absolute Gasteiger partial charge is 0.256 e. The number of piperazine rings is 1. The summed E-state index contributed by atoms with van der Waals surface area (Å²) in [6.45, 7) is 7.35. The van der Waals surface area contributed by atoms with E-state index < -0.39 is 5.82 Å². The van der Waals surface area contributed by atoms with Gasteiger partial charge in [-0.25, -0.2) is 4.39 Å². The molecule has 0 spiro atoms. The standard InChI is InChI=1S/C14H18FIN2O/c1-10(2)17-5-7-18(8-6-17)14(19)12-9-11(16)3-4-13(12)15/h3-4,9-10H,5-8H2,1-2H3. The fraction of sp³-hybridized carbons (Fsp3) is 0.500. The molecule has 0 atom stereocenters. The van der Waals surface area contributed by atoms with Gasteiger partial charge in [0, 0.05) is 35.8 Å². The summed E-state index contributed by atoms with van der Waals surface area (Å²) in [5.74, 6) is -0.629. The van der Waals surface area contributed by atoms with Crippen LogP contribution >= 0.6 is 22.6 Å². The normalized spacial score (nSPS) is 17.0. The van der Waals surface area contributed by atoms with Gasteiger partial charge in [-0.2, -0.15) is 0 Å². The summed E-state index contributed by atoms with van der Waals surface area (Å²) in [6, 6.07) is 5.14. The van der Waals surface area contributed by atoms with E-state index >= 15 is 0 Å². The first-order chi connectivity index (χ1) is 8.99. The highest BCUT2D eigenvalue weighted by molar-refractivity contribution is 14.1. The summed E-state index contributed by atoms with van der Waals surface area (Å²) < 4.78 is 14.6. The molecule has 1 fully saturated rings. The second-order valence-corrected chi connectivity index (χ2v) is 6.29. The minimum Gasteiger partial charge on any atom is -0.336 e. The van der Waals surface area contributed by atoms with Crippen molar-refractivity contribution in [2.75, 3.05) is 26.2 Å². The summed E-state index contributed by atoms with van der Waals surface area (Å²) in [7, 11) is 0. The van der Waals surface area contributed by atoms with Crippen LogP contribution in [0.3, 0.4) is 0 Å². The summed E-state index contributed by atoms with van der Waals surface area (Å²) in [4.78, 5) is 16.4. The Hall–Kier alpha value is -0.690. The number of benzene rings is 1. The Morgan fingerprint density at radius 2 is 1.89 bits per heavy atom. The highest BCUT2D eigenvalue weighted by Gasteiger charge is 2.25. The largest absolute Gasteiger partial charge is 0.336 e. The molecule has 5 heteroatoms. The lowest BCUT2D eigenvalue weighted by atomic mass is 10.1. The number of nitrogens with zero attached hydrogens (tertiary/aromatic N) is 2. The maximum atomic E-state index is 13.7.